The Morgan fingerprint density at radius 1 is 1.60 bits per heavy atom. The summed E-state index contributed by atoms with van der Waals surface area (Å²) < 4.78 is 11.0. The molecule has 0 radical (unpaired) electrons. The maximum absolute atomic E-state index is 5.64. The Morgan fingerprint density at radius 2 is 2.40 bits per heavy atom. The summed E-state index contributed by atoms with van der Waals surface area (Å²) in [6, 6.07) is 2.02. The lowest BCUT2D eigenvalue weighted by atomic mass is 10.2. The van der Waals surface area contributed by atoms with Gasteiger partial charge in [0.25, 0.3) is 0 Å². The molecule has 15 heavy (non-hydrogen) atoms. The Bertz CT molecular complexity index is 305. The van der Waals surface area contributed by atoms with E-state index in [9.17, 15) is 0 Å². The molecule has 0 aliphatic heterocycles. The number of ether oxygens (including phenoxy) is 1. The van der Waals surface area contributed by atoms with E-state index in [2.05, 4.69) is 18.8 Å². The highest BCUT2D eigenvalue weighted by molar-refractivity contribution is 5.19. The lowest BCUT2D eigenvalue weighted by Gasteiger charge is -1.99. The number of hydrogen-bond donors (Lipinski definition) is 1. The molecule has 0 unspecified atom stereocenters. The highest BCUT2D eigenvalue weighted by Crippen LogP contribution is 2.15. The Morgan fingerprint density at radius 3 is 3.07 bits per heavy atom. The van der Waals surface area contributed by atoms with E-state index in [0.717, 1.165) is 24.6 Å². The van der Waals surface area contributed by atoms with Crippen LogP contribution in [0.3, 0.4) is 0 Å². The molecule has 0 saturated carbocycles. The first-order valence-corrected chi connectivity index (χ1v) is 5.25. The smallest absolute Gasteiger partial charge is 0.130 e. The first-order valence-electron chi connectivity index (χ1n) is 5.25. The molecule has 0 bridgehead atoms. The molecule has 0 spiro atoms. The van der Waals surface area contributed by atoms with Crippen LogP contribution in [0.4, 0.5) is 0 Å². The largest absolute Gasteiger partial charge is 0.462 e. The molecule has 1 rings (SSSR count). The van der Waals surface area contributed by atoms with E-state index in [4.69, 9.17) is 9.15 Å². The minimum absolute atomic E-state index is 0.513. The highest BCUT2D eigenvalue weighted by Gasteiger charge is 2.06. The van der Waals surface area contributed by atoms with E-state index in [1.54, 1.807) is 6.08 Å². The minimum atomic E-state index is 0.513. The number of aryl methyl sites for hydroxylation is 1. The molecular formula is C12H19NO2. The standard InChI is InChI=1S/C12H19NO2/c1-4-6-14-9-11-7-10(3)12(15-11)8-13-5-2/h4,7,13H,1,5-6,8-9H2,2-3H3. The summed E-state index contributed by atoms with van der Waals surface area (Å²) in [5.74, 6) is 1.87. The fourth-order valence-corrected chi connectivity index (χ4v) is 1.32. The number of nitrogens with one attached hydrogen (secondary N) is 1. The number of rotatable bonds is 7. The van der Waals surface area contributed by atoms with Crippen LogP contribution in [0, 0.1) is 6.92 Å². The van der Waals surface area contributed by atoms with Crippen LogP contribution in [0.2, 0.25) is 0 Å². The fraction of sp³-hybridized carbons (Fsp3) is 0.500. The highest BCUT2D eigenvalue weighted by atomic mass is 16.5. The van der Waals surface area contributed by atoms with Crippen LogP contribution < -0.4 is 5.32 Å². The maximum Gasteiger partial charge on any atom is 0.130 e. The van der Waals surface area contributed by atoms with Gasteiger partial charge in [-0.2, -0.15) is 0 Å². The predicted octanol–water partition coefficient (Wildman–Crippen LogP) is 2.40. The zero-order valence-electron chi connectivity index (χ0n) is 9.51. The van der Waals surface area contributed by atoms with Gasteiger partial charge in [-0.15, -0.1) is 6.58 Å². The third kappa shape index (κ3) is 3.90. The topological polar surface area (TPSA) is 34.4 Å². The predicted molar refractivity (Wildman–Crippen MR) is 60.7 cm³/mol. The molecule has 1 aromatic rings. The number of furan rings is 1. The second-order valence-electron chi connectivity index (χ2n) is 3.40. The summed E-state index contributed by atoms with van der Waals surface area (Å²) >= 11 is 0. The Balaban J connectivity index is 2.48. The van der Waals surface area contributed by atoms with Crippen molar-refractivity contribution < 1.29 is 9.15 Å². The quantitative estimate of drug-likeness (QED) is 0.553. The van der Waals surface area contributed by atoms with Crippen molar-refractivity contribution >= 4 is 0 Å². The first kappa shape index (κ1) is 12.0. The molecule has 0 fully saturated rings. The molecule has 0 atom stereocenters. The lowest BCUT2D eigenvalue weighted by Crippen LogP contribution is -2.11. The molecule has 0 amide bonds. The lowest BCUT2D eigenvalue weighted by molar-refractivity contribution is 0.130. The molecule has 0 aromatic carbocycles. The molecule has 1 heterocycles. The van der Waals surface area contributed by atoms with Crippen LogP contribution in [-0.4, -0.2) is 13.2 Å². The third-order valence-corrected chi connectivity index (χ3v) is 2.09. The van der Waals surface area contributed by atoms with Gasteiger partial charge in [0, 0.05) is 0 Å². The van der Waals surface area contributed by atoms with Crippen molar-refractivity contribution in [2.75, 3.05) is 13.2 Å². The monoisotopic (exact) mass is 209 g/mol. The SMILES string of the molecule is C=CCOCc1cc(C)c(CNCC)o1. The summed E-state index contributed by atoms with van der Waals surface area (Å²) in [4.78, 5) is 0. The van der Waals surface area contributed by atoms with Crippen LogP contribution in [0.25, 0.3) is 0 Å². The summed E-state index contributed by atoms with van der Waals surface area (Å²) in [5.41, 5.74) is 1.17. The van der Waals surface area contributed by atoms with E-state index in [0.29, 0.717) is 13.2 Å². The van der Waals surface area contributed by atoms with Gasteiger partial charge >= 0.3 is 0 Å². The zero-order valence-corrected chi connectivity index (χ0v) is 9.51. The molecule has 3 heteroatoms. The maximum atomic E-state index is 5.64. The van der Waals surface area contributed by atoms with Crippen LogP contribution in [0.15, 0.2) is 23.1 Å². The van der Waals surface area contributed by atoms with E-state index < -0.39 is 0 Å². The average Bonchev–Trinajstić information content (AvgIpc) is 2.57. The Hall–Kier alpha value is -1.06. The molecule has 3 nitrogen and oxygen atoms in total. The van der Waals surface area contributed by atoms with E-state index >= 15 is 0 Å². The summed E-state index contributed by atoms with van der Waals surface area (Å²) in [6.45, 7) is 10.5. The van der Waals surface area contributed by atoms with Crippen molar-refractivity contribution in [2.45, 2.75) is 27.0 Å². The van der Waals surface area contributed by atoms with Gasteiger partial charge in [0.1, 0.15) is 18.1 Å². The van der Waals surface area contributed by atoms with Crippen molar-refractivity contribution in [3.63, 3.8) is 0 Å². The molecular weight excluding hydrogens is 190 g/mol. The molecule has 1 aromatic heterocycles. The van der Waals surface area contributed by atoms with Gasteiger partial charge in [-0.1, -0.05) is 13.0 Å². The van der Waals surface area contributed by atoms with E-state index in [-0.39, 0.29) is 0 Å². The van der Waals surface area contributed by atoms with Gasteiger partial charge in [0.15, 0.2) is 0 Å². The van der Waals surface area contributed by atoms with Crippen molar-refractivity contribution in [2.24, 2.45) is 0 Å². The van der Waals surface area contributed by atoms with Gasteiger partial charge < -0.3 is 14.5 Å². The Labute approximate surface area is 91.1 Å². The molecule has 84 valence electrons. The second kappa shape index (κ2) is 6.43. The summed E-state index contributed by atoms with van der Waals surface area (Å²) in [5, 5.41) is 3.24. The summed E-state index contributed by atoms with van der Waals surface area (Å²) in [6.07, 6.45) is 1.73. The molecule has 1 N–H and O–H groups in total. The number of hydrogen-bond acceptors (Lipinski definition) is 3. The van der Waals surface area contributed by atoms with Gasteiger partial charge in [-0.3, -0.25) is 0 Å². The van der Waals surface area contributed by atoms with Crippen molar-refractivity contribution in [1.82, 2.24) is 5.32 Å². The normalized spacial score (nSPS) is 10.5. The van der Waals surface area contributed by atoms with Crippen LogP contribution in [0.5, 0.6) is 0 Å². The van der Waals surface area contributed by atoms with Gasteiger partial charge in [-0.25, -0.2) is 0 Å². The van der Waals surface area contributed by atoms with Crippen LogP contribution in [0.1, 0.15) is 24.0 Å². The van der Waals surface area contributed by atoms with Crippen molar-refractivity contribution in [1.29, 1.82) is 0 Å². The second-order valence-corrected chi connectivity index (χ2v) is 3.40. The minimum Gasteiger partial charge on any atom is -0.462 e. The summed E-state index contributed by atoms with van der Waals surface area (Å²) in [7, 11) is 0. The van der Waals surface area contributed by atoms with Crippen LogP contribution >= 0.6 is 0 Å². The third-order valence-electron chi connectivity index (χ3n) is 2.09. The molecule has 0 saturated heterocycles. The van der Waals surface area contributed by atoms with Crippen LogP contribution in [-0.2, 0) is 17.9 Å². The van der Waals surface area contributed by atoms with E-state index in [1.807, 2.05) is 13.0 Å². The molecule has 0 aliphatic rings. The fourth-order valence-electron chi connectivity index (χ4n) is 1.32. The van der Waals surface area contributed by atoms with Gasteiger partial charge in [0.05, 0.1) is 13.2 Å². The average molecular weight is 209 g/mol. The Kier molecular flexibility index (Phi) is 5.15. The molecule has 0 aliphatic carbocycles. The first-order chi connectivity index (χ1) is 7.27. The zero-order chi connectivity index (χ0) is 11.1. The van der Waals surface area contributed by atoms with Crippen molar-refractivity contribution in [3.8, 4) is 0 Å². The van der Waals surface area contributed by atoms with E-state index in [1.165, 1.54) is 5.56 Å². The van der Waals surface area contributed by atoms with Crippen molar-refractivity contribution in [3.05, 3.63) is 35.8 Å². The van der Waals surface area contributed by atoms with Gasteiger partial charge in [0.2, 0.25) is 0 Å². The van der Waals surface area contributed by atoms with Gasteiger partial charge in [-0.05, 0) is 25.1 Å².